The lowest BCUT2D eigenvalue weighted by atomic mass is 10.2. The van der Waals surface area contributed by atoms with Gasteiger partial charge in [0.1, 0.15) is 0 Å². The Morgan fingerprint density at radius 1 is 1.07 bits per heavy atom. The topological polar surface area (TPSA) is 58.3 Å². The van der Waals surface area contributed by atoms with Crippen LogP contribution in [-0.4, -0.2) is 20.9 Å². The minimum atomic E-state index is 0.677. The normalized spacial score (nSPS) is 12.2. The molecule has 5 nitrogen and oxygen atoms in total. The molecule has 0 spiro atoms. The fourth-order valence-corrected chi connectivity index (χ4v) is 4.23. The van der Waals surface area contributed by atoms with E-state index < -0.39 is 0 Å². The van der Waals surface area contributed by atoms with Gasteiger partial charge in [-0.05, 0) is 30.3 Å². The first-order valence-corrected chi connectivity index (χ1v) is 10.6. The van der Waals surface area contributed by atoms with Crippen LogP contribution in [0.3, 0.4) is 0 Å². The molecule has 1 N–H and O–H groups in total. The second-order valence-electron chi connectivity index (χ2n) is 6.58. The maximum absolute atomic E-state index is 6.23. The van der Waals surface area contributed by atoms with Crippen molar-refractivity contribution in [1.29, 1.82) is 0 Å². The van der Waals surface area contributed by atoms with Crippen molar-refractivity contribution in [2.24, 2.45) is 10.1 Å². The van der Waals surface area contributed by atoms with Crippen LogP contribution in [0, 0.1) is 0 Å². The van der Waals surface area contributed by atoms with Gasteiger partial charge in [0.2, 0.25) is 4.80 Å². The third-order valence-electron chi connectivity index (χ3n) is 4.61. The van der Waals surface area contributed by atoms with E-state index in [0.717, 1.165) is 38.2 Å². The van der Waals surface area contributed by atoms with Crippen molar-refractivity contribution in [2.45, 2.75) is 0 Å². The minimum absolute atomic E-state index is 0.677. The zero-order valence-corrected chi connectivity index (χ0v) is 17.3. The lowest BCUT2D eigenvalue weighted by molar-refractivity contribution is 0.854. The smallest absolute Gasteiger partial charge is 0.211 e. The Morgan fingerprint density at radius 3 is 2.87 bits per heavy atom. The molecule has 0 aliphatic heterocycles. The molecule has 2 aromatic carbocycles. The molecule has 146 valence electrons. The van der Waals surface area contributed by atoms with Crippen LogP contribution in [0.4, 0.5) is 5.69 Å². The van der Waals surface area contributed by atoms with E-state index >= 15 is 0 Å². The van der Waals surface area contributed by atoms with Crippen molar-refractivity contribution in [2.75, 3.05) is 0 Å². The van der Waals surface area contributed by atoms with Gasteiger partial charge in [0, 0.05) is 44.8 Å². The van der Waals surface area contributed by atoms with Crippen LogP contribution in [-0.2, 0) is 0 Å². The summed E-state index contributed by atoms with van der Waals surface area (Å²) in [5.41, 5.74) is 4.75. The zero-order chi connectivity index (χ0) is 20.3. The summed E-state index contributed by atoms with van der Waals surface area (Å²) in [5.74, 6) is 0. The molecular weight excluding hydrogens is 414 g/mol. The van der Waals surface area contributed by atoms with Gasteiger partial charge in [-0.25, -0.2) is 9.67 Å². The average molecular weight is 430 g/mol. The molecule has 0 saturated carbocycles. The lowest BCUT2D eigenvalue weighted by Gasteiger charge is -2.04. The third-order valence-corrected chi connectivity index (χ3v) is 5.66. The number of nitrogens with one attached hydrogen (secondary N) is 1. The number of para-hydroxylation sites is 1. The van der Waals surface area contributed by atoms with Crippen molar-refractivity contribution < 1.29 is 0 Å². The summed E-state index contributed by atoms with van der Waals surface area (Å²) in [7, 11) is 0. The highest BCUT2D eigenvalue weighted by Crippen LogP contribution is 2.24. The molecule has 0 radical (unpaired) electrons. The maximum atomic E-state index is 6.23. The molecule has 3 aromatic heterocycles. The fourth-order valence-electron chi connectivity index (χ4n) is 3.19. The van der Waals surface area contributed by atoms with E-state index in [0.29, 0.717) is 5.02 Å². The second-order valence-corrected chi connectivity index (χ2v) is 7.86. The van der Waals surface area contributed by atoms with Gasteiger partial charge in [-0.3, -0.25) is 4.98 Å². The van der Waals surface area contributed by atoms with E-state index in [1.54, 1.807) is 12.4 Å². The van der Waals surface area contributed by atoms with E-state index in [1.165, 1.54) is 11.3 Å². The number of rotatable bonds is 4. The number of benzene rings is 2. The van der Waals surface area contributed by atoms with Crippen molar-refractivity contribution in [3.63, 3.8) is 0 Å². The number of aromatic nitrogens is 3. The number of fused-ring (bicyclic) bond motifs is 1. The molecule has 3 heterocycles. The molecule has 7 heteroatoms. The number of pyridine rings is 1. The van der Waals surface area contributed by atoms with Gasteiger partial charge in [-0.15, -0.1) is 11.3 Å². The molecular formula is C23H16ClN5S. The van der Waals surface area contributed by atoms with Gasteiger partial charge in [0.15, 0.2) is 0 Å². The lowest BCUT2D eigenvalue weighted by Crippen LogP contribution is -2.11. The van der Waals surface area contributed by atoms with Crippen molar-refractivity contribution in [3.05, 3.63) is 100 Å². The molecule has 0 aliphatic rings. The molecule has 0 atom stereocenters. The molecule has 0 aliphatic carbocycles. The monoisotopic (exact) mass is 429 g/mol. The van der Waals surface area contributed by atoms with E-state index in [1.807, 2.05) is 77.1 Å². The van der Waals surface area contributed by atoms with Crippen LogP contribution in [0.5, 0.6) is 0 Å². The Labute approximate surface area is 181 Å². The SMILES string of the molecule is Clc1cccc(-c2csc(=Nc3cccnc3)n2N=Cc2c[nH]c3ccccc23)c1. The van der Waals surface area contributed by atoms with Gasteiger partial charge >= 0.3 is 0 Å². The van der Waals surface area contributed by atoms with E-state index in [9.17, 15) is 0 Å². The summed E-state index contributed by atoms with van der Waals surface area (Å²) in [6.07, 6.45) is 7.26. The van der Waals surface area contributed by atoms with Gasteiger partial charge in [-0.1, -0.05) is 41.9 Å². The van der Waals surface area contributed by atoms with E-state index in [2.05, 4.69) is 16.0 Å². The van der Waals surface area contributed by atoms with E-state index in [-0.39, 0.29) is 0 Å². The van der Waals surface area contributed by atoms with Crippen molar-refractivity contribution >= 4 is 45.7 Å². The summed E-state index contributed by atoms with van der Waals surface area (Å²) in [4.78, 5) is 12.9. The number of halogens is 1. The van der Waals surface area contributed by atoms with Crippen LogP contribution in [0.25, 0.3) is 22.2 Å². The largest absolute Gasteiger partial charge is 0.361 e. The standard InChI is InChI=1S/C23H16ClN5S/c24-18-6-3-5-16(11-18)22-15-30-23(28-19-7-4-10-25-14-19)29(22)27-13-17-12-26-21-9-2-1-8-20(17)21/h1-15,26H. The number of thiazole rings is 1. The number of hydrogen-bond acceptors (Lipinski definition) is 4. The minimum Gasteiger partial charge on any atom is -0.361 e. The first-order valence-electron chi connectivity index (χ1n) is 9.30. The number of hydrogen-bond donors (Lipinski definition) is 1. The van der Waals surface area contributed by atoms with Crippen LogP contribution < -0.4 is 4.80 Å². The van der Waals surface area contributed by atoms with Gasteiger partial charge in [0.25, 0.3) is 0 Å². The molecule has 0 amide bonds. The summed E-state index contributed by atoms with van der Waals surface area (Å²) < 4.78 is 1.84. The van der Waals surface area contributed by atoms with Gasteiger partial charge in [-0.2, -0.15) is 5.10 Å². The van der Waals surface area contributed by atoms with Crippen LogP contribution in [0.15, 0.2) is 94.7 Å². The van der Waals surface area contributed by atoms with Gasteiger partial charge < -0.3 is 4.98 Å². The highest BCUT2D eigenvalue weighted by atomic mass is 35.5. The summed E-state index contributed by atoms with van der Waals surface area (Å²) >= 11 is 7.74. The molecule has 0 bridgehead atoms. The number of aromatic amines is 1. The number of nitrogens with zero attached hydrogens (tertiary/aromatic N) is 4. The first kappa shape index (κ1) is 18.5. The summed E-state index contributed by atoms with van der Waals surface area (Å²) in [6.45, 7) is 0. The Bertz CT molecular complexity index is 1410. The fraction of sp³-hybridized carbons (Fsp3) is 0. The molecule has 0 fully saturated rings. The molecule has 5 aromatic rings. The Kier molecular flexibility index (Phi) is 5.01. The predicted octanol–water partition coefficient (Wildman–Crippen LogP) is 5.86. The average Bonchev–Trinajstić information content (AvgIpc) is 3.37. The third kappa shape index (κ3) is 3.70. The van der Waals surface area contributed by atoms with Crippen LogP contribution >= 0.6 is 22.9 Å². The quantitative estimate of drug-likeness (QED) is 0.357. The van der Waals surface area contributed by atoms with Crippen molar-refractivity contribution in [3.8, 4) is 11.3 Å². The highest BCUT2D eigenvalue weighted by Gasteiger charge is 2.09. The molecule has 0 unspecified atom stereocenters. The maximum Gasteiger partial charge on any atom is 0.211 e. The van der Waals surface area contributed by atoms with Crippen molar-refractivity contribution in [1.82, 2.24) is 14.6 Å². The Morgan fingerprint density at radius 2 is 2.00 bits per heavy atom. The highest BCUT2D eigenvalue weighted by molar-refractivity contribution is 7.07. The Balaban J connectivity index is 1.66. The first-order chi connectivity index (χ1) is 14.8. The Hall–Kier alpha value is -3.48. The van der Waals surface area contributed by atoms with Gasteiger partial charge in [0.05, 0.1) is 23.8 Å². The second kappa shape index (κ2) is 8.10. The molecule has 5 rings (SSSR count). The van der Waals surface area contributed by atoms with Crippen LogP contribution in [0.2, 0.25) is 5.02 Å². The molecule has 30 heavy (non-hydrogen) atoms. The predicted molar refractivity (Wildman–Crippen MR) is 124 cm³/mol. The van der Waals surface area contributed by atoms with E-state index in [4.69, 9.17) is 21.7 Å². The number of H-pyrrole nitrogens is 1. The summed E-state index contributed by atoms with van der Waals surface area (Å²) in [6, 6.07) is 19.7. The van der Waals surface area contributed by atoms with Crippen LogP contribution in [0.1, 0.15) is 5.56 Å². The molecule has 0 saturated heterocycles. The zero-order valence-electron chi connectivity index (χ0n) is 15.7. The summed E-state index contributed by atoms with van der Waals surface area (Å²) in [5, 5.41) is 8.62.